The molecule has 0 radical (unpaired) electrons. The van der Waals surface area contributed by atoms with Crippen molar-refractivity contribution in [2.45, 2.75) is 24.9 Å². The minimum Gasteiger partial charge on any atom is -0.454 e. The summed E-state index contributed by atoms with van der Waals surface area (Å²) in [5.41, 5.74) is 7.81. The molecule has 0 aliphatic carbocycles. The Bertz CT molecular complexity index is 874. The molecule has 28 heavy (non-hydrogen) atoms. The average Bonchev–Trinajstić information content (AvgIpc) is 3.33. The Morgan fingerprint density at radius 2 is 2.21 bits per heavy atom. The minimum atomic E-state index is -0.461. The van der Waals surface area contributed by atoms with E-state index in [4.69, 9.17) is 15.2 Å². The van der Waals surface area contributed by atoms with Crippen LogP contribution in [0.2, 0.25) is 0 Å². The summed E-state index contributed by atoms with van der Waals surface area (Å²) >= 11 is 1.55. The quantitative estimate of drug-likeness (QED) is 0.748. The van der Waals surface area contributed by atoms with Crippen molar-refractivity contribution in [3.8, 4) is 16.3 Å². The van der Waals surface area contributed by atoms with E-state index in [0.29, 0.717) is 36.5 Å². The topological polar surface area (TPSA) is 93.0 Å². The molecule has 8 nitrogen and oxygen atoms in total. The number of piperazine rings is 1. The van der Waals surface area contributed by atoms with Crippen LogP contribution in [0.25, 0.3) is 10.6 Å². The van der Waals surface area contributed by atoms with Crippen molar-refractivity contribution in [1.82, 2.24) is 15.2 Å². The summed E-state index contributed by atoms with van der Waals surface area (Å²) in [6, 6.07) is 4.66. The molecule has 1 aromatic carbocycles. The zero-order chi connectivity index (χ0) is 19.3. The van der Waals surface area contributed by atoms with Gasteiger partial charge in [-0.2, -0.15) is 0 Å². The van der Waals surface area contributed by atoms with Gasteiger partial charge in [0.15, 0.2) is 5.75 Å². The van der Waals surface area contributed by atoms with Gasteiger partial charge in [0, 0.05) is 50.4 Å². The third kappa shape index (κ3) is 2.86. The molecular formula is C19H23N5O3S. The molecule has 0 spiro atoms. The van der Waals surface area contributed by atoms with Gasteiger partial charge in [0.1, 0.15) is 5.01 Å². The van der Waals surface area contributed by atoms with Crippen LogP contribution in [-0.2, 0) is 4.74 Å². The van der Waals surface area contributed by atoms with Crippen LogP contribution in [0.4, 0.5) is 5.69 Å². The van der Waals surface area contributed by atoms with Crippen LogP contribution < -0.4 is 20.7 Å². The number of thiazole rings is 1. The summed E-state index contributed by atoms with van der Waals surface area (Å²) in [6.45, 7) is 2.96. The average molecular weight is 401 g/mol. The van der Waals surface area contributed by atoms with E-state index >= 15 is 0 Å². The lowest BCUT2D eigenvalue weighted by atomic mass is 9.91. The molecule has 0 saturated carbocycles. The van der Waals surface area contributed by atoms with E-state index in [9.17, 15) is 4.79 Å². The van der Waals surface area contributed by atoms with Gasteiger partial charge < -0.3 is 25.4 Å². The van der Waals surface area contributed by atoms with Crippen molar-refractivity contribution < 1.29 is 14.3 Å². The second kappa shape index (κ2) is 7.00. The summed E-state index contributed by atoms with van der Waals surface area (Å²) < 4.78 is 11.8. The molecule has 3 N–H and O–H groups in total. The van der Waals surface area contributed by atoms with Crippen LogP contribution in [0.15, 0.2) is 23.7 Å². The van der Waals surface area contributed by atoms with Crippen LogP contribution in [0.3, 0.4) is 0 Å². The van der Waals surface area contributed by atoms with Crippen molar-refractivity contribution in [3.63, 3.8) is 0 Å². The number of nitrogens with two attached hydrogens (primary N) is 1. The number of piperidine rings is 1. The first-order chi connectivity index (χ1) is 13.7. The monoisotopic (exact) mass is 401 g/mol. The molecule has 1 aromatic heterocycles. The second-order valence-electron chi connectivity index (χ2n) is 7.42. The number of hydrogen-bond donors (Lipinski definition) is 2. The van der Waals surface area contributed by atoms with Gasteiger partial charge in [-0.25, -0.2) is 9.88 Å². The van der Waals surface area contributed by atoms with Crippen molar-refractivity contribution in [2.24, 2.45) is 5.73 Å². The lowest BCUT2D eigenvalue weighted by Gasteiger charge is -2.50. The number of carbonyl (C=O) groups excluding carboxylic acids is 1. The molecule has 2 aromatic rings. The van der Waals surface area contributed by atoms with E-state index in [2.05, 4.69) is 20.1 Å². The molecule has 3 saturated heterocycles. The van der Waals surface area contributed by atoms with Gasteiger partial charge in [0.05, 0.1) is 23.4 Å². The maximum atomic E-state index is 12.2. The summed E-state index contributed by atoms with van der Waals surface area (Å²) in [4.78, 5) is 21.1. The fraction of sp³-hybridized carbons (Fsp3) is 0.474. The van der Waals surface area contributed by atoms with Crippen molar-refractivity contribution in [3.05, 3.63) is 29.3 Å². The molecular weight excluding hydrogens is 378 g/mol. The first-order valence-corrected chi connectivity index (χ1v) is 10.3. The standard InChI is InChI=1S/C19H23N5O3S/c1-26-6-5-24-15-13(17(20)25)2-3-14(18-21-4-7-28-18)16(15)27-19(24)23-9-11-8-12(10-23)22-11/h2-4,7,11-12,19,22H,5-6,8-10H2,1H3,(H2,20,25). The van der Waals surface area contributed by atoms with Crippen LogP contribution in [0.1, 0.15) is 16.8 Å². The predicted molar refractivity (Wildman–Crippen MR) is 107 cm³/mol. The normalized spacial score (nSPS) is 25.9. The molecule has 4 aliphatic rings. The Hall–Kier alpha value is -2.20. The van der Waals surface area contributed by atoms with E-state index in [1.165, 1.54) is 6.42 Å². The number of primary amides is 1. The van der Waals surface area contributed by atoms with E-state index in [-0.39, 0.29) is 6.35 Å². The number of fused-ring (bicyclic) bond motifs is 3. The third-order valence-corrected chi connectivity index (χ3v) is 6.44. The number of methoxy groups -OCH3 is 1. The summed E-state index contributed by atoms with van der Waals surface area (Å²) in [5.74, 6) is 0.219. The summed E-state index contributed by atoms with van der Waals surface area (Å²) in [6.07, 6.45) is 2.70. The highest BCUT2D eigenvalue weighted by Gasteiger charge is 2.45. The molecule has 4 aliphatic heterocycles. The molecule has 148 valence electrons. The maximum Gasteiger partial charge on any atom is 0.250 e. The highest BCUT2D eigenvalue weighted by atomic mass is 32.1. The van der Waals surface area contributed by atoms with Crippen molar-refractivity contribution in [1.29, 1.82) is 0 Å². The van der Waals surface area contributed by atoms with Crippen molar-refractivity contribution in [2.75, 3.05) is 38.3 Å². The third-order valence-electron chi connectivity index (χ3n) is 5.64. The number of carbonyl (C=O) groups is 1. The zero-order valence-electron chi connectivity index (χ0n) is 15.6. The first kappa shape index (κ1) is 17.9. The minimum absolute atomic E-state index is 0.281. The highest BCUT2D eigenvalue weighted by molar-refractivity contribution is 7.13. The summed E-state index contributed by atoms with van der Waals surface area (Å²) in [5, 5.41) is 6.35. The number of amides is 1. The Kier molecular flexibility index (Phi) is 4.47. The molecule has 3 atom stereocenters. The molecule has 6 rings (SSSR count). The second-order valence-corrected chi connectivity index (χ2v) is 8.31. The van der Waals surface area contributed by atoms with E-state index in [1.807, 2.05) is 11.4 Å². The number of anilines is 1. The Labute approximate surface area is 167 Å². The number of aromatic nitrogens is 1. The number of ether oxygens (including phenoxy) is 2. The van der Waals surface area contributed by atoms with Gasteiger partial charge in [-0.15, -0.1) is 11.3 Å². The Morgan fingerprint density at radius 3 is 2.86 bits per heavy atom. The van der Waals surface area contributed by atoms with E-state index < -0.39 is 5.91 Å². The van der Waals surface area contributed by atoms with Gasteiger partial charge >= 0.3 is 0 Å². The van der Waals surface area contributed by atoms with Crippen LogP contribution in [0.5, 0.6) is 5.75 Å². The van der Waals surface area contributed by atoms with Gasteiger partial charge in [-0.05, 0) is 18.6 Å². The zero-order valence-corrected chi connectivity index (χ0v) is 16.4. The van der Waals surface area contributed by atoms with Gasteiger partial charge in [-0.1, -0.05) is 0 Å². The van der Waals surface area contributed by atoms with Crippen LogP contribution >= 0.6 is 11.3 Å². The maximum absolute atomic E-state index is 12.2. The fourth-order valence-corrected chi connectivity index (χ4v) is 5.05. The molecule has 3 unspecified atom stereocenters. The number of rotatable bonds is 6. The SMILES string of the molecule is COCCN1c2c(C(N)=O)ccc(-c3nccs3)c2OC1N1CC2CC(C1)N2. The molecule has 5 heterocycles. The van der Waals surface area contributed by atoms with Gasteiger partial charge in [-0.3, -0.25) is 4.79 Å². The van der Waals surface area contributed by atoms with E-state index in [1.54, 1.807) is 30.7 Å². The number of nitrogens with one attached hydrogen (secondary N) is 1. The van der Waals surface area contributed by atoms with Crippen LogP contribution in [-0.4, -0.2) is 67.6 Å². The van der Waals surface area contributed by atoms with Gasteiger partial charge in [0.25, 0.3) is 5.91 Å². The smallest absolute Gasteiger partial charge is 0.250 e. The fourth-order valence-electron chi connectivity index (χ4n) is 4.39. The highest BCUT2D eigenvalue weighted by Crippen LogP contribution is 2.48. The summed E-state index contributed by atoms with van der Waals surface area (Å²) in [7, 11) is 1.67. The number of benzene rings is 1. The number of nitrogens with zero attached hydrogens (tertiary/aromatic N) is 3. The lowest BCUT2D eigenvalue weighted by molar-refractivity contribution is -0.0303. The number of hydrogen-bond acceptors (Lipinski definition) is 8. The van der Waals surface area contributed by atoms with Crippen molar-refractivity contribution >= 4 is 22.9 Å². The predicted octanol–water partition coefficient (Wildman–Crippen LogP) is 1.08. The lowest BCUT2D eigenvalue weighted by Crippen LogP contribution is -2.70. The molecule has 1 amide bonds. The molecule has 2 bridgehead atoms. The molecule has 3 fully saturated rings. The largest absolute Gasteiger partial charge is 0.454 e. The Balaban J connectivity index is 1.58. The van der Waals surface area contributed by atoms with E-state index in [0.717, 1.165) is 29.3 Å². The molecule has 9 heteroatoms. The Morgan fingerprint density at radius 1 is 1.43 bits per heavy atom. The van der Waals surface area contributed by atoms with Crippen LogP contribution in [0, 0.1) is 0 Å². The first-order valence-electron chi connectivity index (χ1n) is 9.44. The van der Waals surface area contributed by atoms with Gasteiger partial charge in [0.2, 0.25) is 6.35 Å².